The monoisotopic (exact) mass is 175 g/mol. The van der Waals surface area contributed by atoms with Crippen LogP contribution in [0.15, 0.2) is 0 Å². The molecule has 0 saturated carbocycles. The van der Waals surface area contributed by atoms with Crippen LogP contribution in [0.3, 0.4) is 0 Å². The van der Waals surface area contributed by atoms with Gasteiger partial charge in [-0.3, -0.25) is 10.1 Å². The van der Waals surface area contributed by atoms with Crippen LogP contribution in [0.25, 0.3) is 0 Å². The van der Waals surface area contributed by atoms with E-state index in [1.807, 2.05) is 0 Å². The number of nitrogens with zero attached hydrogens (tertiary/aromatic N) is 1. The van der Waals surface area contributed by atoms with Gasteiger partial charge in [-0.1, -0.05) is 6.92 Å². The van der Waals surface area contributed by atoms with Gasteiger partial charge in [-0.25, -0.2) is 4.79 Å². The number of ether oxygens (including phenoxy) is 1. The Morgan fingerprint density at radius 1 is 1.58 bits per heavy atom. The molecule has 0 aromatic rings. The van der Waals surface area contributed by atoms with Crippen LogP contribution in [0.1, 0.15) is 26.7 Å². The third kappa shape index (κ3) is 3.32. The molecule has 0 bridgehead atoms. The van der Waals surface area contributed by atoms with Gasteiger partial charge in [0.15, 0.2) is 0 Å². The largest absolute Gasteiger partial charge is 0.461 e. The minimum absolute atomic E-state index is 0.187. The fraction of sp³-hybridized carbons (Fsp3) is 0.857. The van der Waals surface area contributed by atoms with Gasteiger partial charge in [0, 0.05) is 11.3 Å². The molecule has 5 heteroatoms. The number of nitro groups is 1. The highest BCUT2D eigenvalue weighted by atomic mass is 16.6. The second-order valence-electron chi connectivity index (χ2n) is 2.34. The van der Waals surface area contributed by atoms with Crippen molar-refractivity contribution in [2.45, 2.75) is 32.7 Å². The first-order valence-corrected chi connectivity index (χ1v) is 3.93. The first-order chi connectivity index (χ1) is 5.63. The molecule has 0 radical (unpaired) electrons. The molecule has 0 amide bonds. The van der Waals surface area contributed by atoms with E-state index in [-0.39, 0.29) is 13.0 Å². The van der Waals surface area contributed by atoms with E-state index in [1.165, 1.54) is 0 Å². The van der Waals surface area contributed by atoms with Gasteiger partial charge in [0.05, 0.1) is 6.61 Å². The molecular formula is C7H13NO4. The quantitative estimate of drug-likeness (QED) is 0.355. The fourth-order valence-electron chi connectivity index (χ4n) is 0.821. The van der Waals surface area contributed by atoms with Gasteiger partial charge >= 0.3 is 12.0 Å². The zero-order valence-electron chi connectivity index (χ0n) is 7.28. The van der Waals surface area contributed by atoms with Crippen molar-refractivity contribution in [1.82, 2.24) is 0 Å². The molecule has 0 aromatic carbocycles. The number of carbonyl (C=O) groups is 1. The van der Waals surface area contributed by atoms with Crippen LogP contribution in [0, 0.1) is 10.1 Å². The minimum Gasteiger partial charge on any atom is -0.461 e. The number of hydrogen-bond donors (Lipinski definition) is 0. The highest BCUT2D eigenvalue weighted by molar-refractivity contribution is 5.74. The Hall–Kier alpha value is -1.13. The van der Waals surface area contributed by atoms with E-state index in [1.54, 1.807) is 13.8 Å². The summed E-state index contributed by atoms with van der Waals surface area (Å²) in [7, 11) is 0. The van der Waals surface area contributed by atoms with Gasteiger partial charge in [-0.2, -0.15) is 0 Å². The minimum atomic E-state index is -1.19. The summed E-state index contributed by atoms with van der Waals surface area (Å²) in [6, 6.07) is -1.19. The van der Waals surface area contributed by atoms with Crippen LogP contribution in [-0.2, 0) is 9.53 Å². The Kier molecular flexibility index (Phi) is 4.99. The molecular weight excluding hydrogens is 162 g/mol. The lowest BCUT2D eigenvalue weighted by molar-refractivity contribution is -0.511. The molecule has 5 nitrogen and oxygen atoms in total. The normalized spacial score (nSPS) is 12.2. The van der Waals surface area contributed by atoms with Crippen molar-refractivity contribution in [3.05, 3.63) is 10.1 Å². The number of rotatable bonds is 5. The molecule has 0 spiro atoms. The van der Waals surface area contributed by atoms with Gasteiger partial charge in [-0.15, -0.1) is 0 Å². The smallest absolute Gasteiger partial charge is 0.381 e. The Bertz CT molecular complexity index is 169. The van der Waals surface area contributed by atoms with E-state index < -0.39 is 16.9 Å². The molecule has 0 aromatic heterocycles. The maximum absolute atomic E-state index is 10.9. The van der Waals surface area contributed by atoms with Gasteiger partial charge in [-0.05, 0) is 13.3 Å². The predicted molar refractivity (Wildman–Crippen MR) is 42.3 cm³/mol. The van der Waals surface area contributed by atoms with Crippen LogP contribution in [0.5, 0.6) is 0 Å². The van der Waals surface area contributed by atoms with E-state index in [2.05, 4.69) is 4.74 Å². The number of carbonyl (C=O) groups excluding carboxylic acids is 1. The zero-order valence-corrected chi connectivity index (χ0v) is 7.28. The van der Waals surface area contributed by atoms with Crippen molar-refractivity contribution in [2.75, 3.05) is 6.61 Å². The van der Waals surface area contributed by atoms with E-state index in [0.29, 0.717) is 6.42 Å². The molecule has 1 atom stereocenters. The number of esters is 1. The SMILES string of the molecule is CCCC(C(=O)OCC)[N+](=O)[O-]. The average molecular weight is 175 g/mol. The second-order valence-corrected chi connectivity index (χ2v) is 2.34. The molecule has 0 fully saturated rings. The molecule has 0 aliphatic heterocycles. The maximum atomic E-state index is 10.9. The summed E-state index contributed by atoms with van der Waals surface area (Å²) in [5.41, 5.74) is 0. The van der Waals surface area contributed by atoms with E-state index >= 15 is 0 Å². The van der Waals surface area contributed by atoms with Crippen LogP contribution < -0.4 is 0 Å². The highest BCUT2D eigenvalue weighted by Gasteiger charge is 2.29. The fourth-order valence-corrected chi connectivity index (χ4v) is 0.821. The van der Waals surface area contributed by atoms with Gasteiger partial charge in [0.1, 0.15) is 0 Å². The van der Waals surface area contributed by atoms with Crippen LogP contribution in [-0.4, -0.2) is 23.5 Å². The van der Waals surface area contributed by atoms with E-state index in [9.17, 15) is 14.9 Å². The Morgan fingerprint density at radius 3 is 2.50 bits per heavy atom. The van der Waals surface area contributed by atoms with Crippen molar-refractivity contribution in [3.63, 3.8) is 0 Å². The zero-order chi connectivity index (χ0) is 9.56. The Morgan fingerprint density at radius 2 is 2.17 bits per heavy atom. The standard InChI is InChI=1S/C7H13NO4/c1-3-5-6(8(10)11)7(9)12-4-2/h6H,3-5H2,1-2H3. The molecule has 0 N–H and O–H groups in total. The summed E-state index contributed by atoms with van der Waals surface area (Å²) in [6.45, 7) is 3.60. The Labute approximate surface area is 70.9 Å². The van der Waals surface area contributed by atoms with Crippen LogP contribution in [0.4, 0.5) is 0 Å². The first-order valence-electron chi connectivity index (χ1n) is 3.93. The maximum Gasteiger partial charge on any atom is 0.381 e. The summed E-state index contributed by atoms with van der Waals surface area (Å²) in [5, 5.41) is 10.3. The molecule has 0 aliphatic rings. The summed E-state index contributed by atoms with van der Waals surface area (Å²) in [4.78, 5) is 20.6. The lowest BCUT2D eigenvalue weighted by Gasteiger charge is -2.06. The third-order valence-corrected chi connectivity index (χ3v) is 1.38. The average Bonchev–Trinajstić information content (AvgIpc) is 1.99. The second kappa shape index (κ2) is 5.51. The van der Waals surface area contributed by atoms with Gasteiger partial charge in [0.25, 0.3) is 0 Å². The molecule has 0 rings (SSSR count). The summed E-state index contributed by atoms with van der Waals surface area (Å²) in [6.07, 6.45) is 0.844. The topological polar surface area (TPSA) is 69.4 Å². The molecule has 70 valence electrons. The molecule has 0 aliphatic carbocycles. The van der Waals surface area contributed by atoms with E-state index in [4.69, 9.17) is 0 Å². The van der Waals surface area contributed by atoms with Crippen molar-refractivity contribution >= 4 is 5.97 Å². The van der Waals surface area contributed by atoms with Gasteiger partial charge < -0.3 is 4.74 Å². The molecule has 1 unspecified atom stereocenters. The summed E-state index contributed by atoms with van der Waals surface area (Å²) in [5.74, 6) is -0.732. The Balaban J connectivity index is 4.09. The van der Waals surface area contributed by atoms with Crippen molar-refractivity contribution in [3.8, 4) is 0 Å². The molecule has 12 heavy (non-hydrogen) atoms. The van der Waals surface area contributed by atoms with Crippen molar-refractivity contribution < 1.29 is 14.5 Å². The lowest BCUT2D eigenvalue weighted by atomic mass is 10.2. The highest BCUT2D eigenvalue weighted by Crippen LogP contribution is 2.03. The van der Waals surface area contributed by atoms with Crippen LogP contribution in [0.2, 0.25) is 0 Å². The molecule has 0 heterocycles. The molecule has 0 saturated heterocycles. The van der Waals surface area contributed by atoms with E-state index in [0.717, 1.165) is 0 Å². The summed E-state index contributed by atoms with van der Waals surface area (Å²) < 4.78 is 4.54. The number of hydrogen-bond acceptors (Lipinski definition) is 4. The first kappa shape index (κ1) is 10.9. The van der Waals surface area contributed by atoms with Gasteiger partial charge in [0.2, 0.25) is 0 Å². The third-order valence-electron chi connectivity index (χ3n) is 1.38. The van der Waals surface area contributed by atoms with Crippen molar-refractivity contribution in [1.29, 1.82) is 0 Å². The predicted octanol–water partition coefficient (Wildman–Crippen LogP) is 0.995. The van der Waals surface area contributed by atoms with Crippen LogP contribution >= 0.6 is 0 Å². The lowest BCUT2D eigenvalue weighted by Crippen LogP contribution is -2.31. The summed E-state index contributed by atoms with van der Waals surface area (Å²) >= 11 is 0. The van der Waals surface area contributed by atoms with Crippen molar-refractivity contribution in [2.24, 2.45) is 0 Å².